The summed E-state index contributed by atoms with van der Waals surface area (Å²) in [5, 5.41) is 13.2. The van der Waals surface area contributed by atoms with Crippen molar-refractivity contribution in [1.82, 2.24) is 30.2 Å². The van der Waals surface area contributed by atoms with Crippen LogP contribution in [0.2, 0.25) is 0 Å². The van der Waals surface area contributed by atoms with Crippen molar-refractivity contribution in [2.45, 2.75) is 5.16 Å². The number of thioether (sulfide) groups is 1. The average Bonchev–Trinajstić information content (AvgIpc) is 3.23. The first-order valence-electron chi connectivity index (χ1n) is 9.17. The normalized spacial score (nSPS) is 11.0. The molecule has 31 heavy (non-hydrogen) atoms. The molecule has 0 bridgehead atoms. The standard InChI is InChI=1S/C21H16BrN7OS/c22-17-1-3-18(4-2-17)29-20(16-7-11-24-12-8-16)27-28-21(29)31-14-19(30)26-25-13-15-5-9-23-10-6-15/h1-13H,14H2,(H,26,30)/b25-13+. The fourth-order valence-corrected chi connectivity index (χ4v) is 3.67. The topological polar surface area (TPSA) is 98.0 Å². The quantitative estimate of drug-likeness (QED) is 0.239. The molecular formula is C21H16BrN7OS. The monoisotopic (exact) mass is 493 g/mol. The van der Waals surface area contributed by atoms with Gasteiger partial charge in [-0.1, -0.05) is 27.7 Å². The van der Waals surface area contributed by atoms with E-state index in [-0.39, 0.29) is 11.7 Å². The van der Waals surface area contributed by atoms with Crippen LogP contribution in [0.4, 0.5) is 0 Å². The van der Waals surface area contributed by atoms with Gasteiger partial charge < -0.3 is 0 Å². The van der Waals surface area contributed by atoms with Gasteiger partial charge in [0, 0.05) is 40.5 Å². The van der Waals surface area contributed by atoms with Crippen LogP contribution < -0.4 is 5.43 Å². The van der Waals surface area contributed by atoms with Crippen LogP contribution in [0.25, 0.3) is 17.1 Å². The number of hydrazone groups is 1. The molecule has 1 aromatic carbocycles. The van der Waals surface area contributed by atoms with E-state index < -0.39 is 0 Å². The molecule has 4 rings (SSSR count). The van der Waals surface area contributed by atoms with Gasteiger partial charge in [0.05, 0.1) is 12.0 Å². The number of aromatic nitrogens is 5. The van der Waals surface area contributed by atoms with Crippen LogP contribution in [0, 0.1) is 0 Å². The molecule has 0 saturated heterocycles. The largest absolute Gasteiger partial charge is 0.272 e. The number of hydrogen-bond acceptors (Lipinski definition) is 7. The Labute approximate surface area is 191 Å². The molecule has 0 aliphatic carbocycles. The average molecular weight is 494 g/mol. The van der Waals surface area contributed by atoms with Gasteiger partial charge in [0.2, 0.25) is 0 Å². The Balaban J connectivity index is 1.51. The maximum Gasteiger partial charge on any atom is 0.250 e. The summed E-state index contributed by atoms with van der Waals surface area (Å²) in [6, 6.07) is 15.1. The highest BCUT2D eigenvalue weighted by molar-refractivity contribution is 9.10. The number of carbonyl (C=O) groups is 1. The van der Waals surface area contributed by atoms with Crippen molar-refractivity contribution in [3.8, 4) is 17.1 Å². The second-order valence-corrected chi connectivity index (χ2v) is 8.07. The first-order valence-corrected chi connectivity index (χ1v) is 10.9. The molecule has 0 radical (unpaired) electrons. The van der Waals surface area contributed by atoms with Crippen LogP contribution >= 0.6 is 27.7 Å². The number of pyridine rings is 2. The summed E-state index contributed by atoms with van der Waals surface area (Å²) in [5.74, 6) is 0.563. The zero-order valence-corrected chi connectivity index (χ0v) is 18.5. The number of nitrogens with one attached hydrogen (secondary N) is 1. The highest BCUT2D eigenvalue weighted by atomic mass is 79.9. The Morgan fingerprint density at radius 1 is 1.00 bits per heavy atom. The fourth-order valence-electron chi connectivity index (χ4n) is 2.66. The van der Waals surface area contributed by atoms with Crippen molar-refractivity contribution >= 4 is 39.8 Å². The summed E-state index contributed by atoms with van der Waals surface area (Å²) < 4.78 is 2.88. The van der Waals surface area contributed by atoms with Crippen LogP contribution in [-0.4, -0.2) is 42.6 Å². The predicted molar refractivity (Wildman–Crippen MR) is 123 cm³/mol. The summed E-state index contributed by atoms with van der Waals surface area (Å²) in [4.78, 5) is 20.2. The molecule has 0 saturated carbocycles. The Kier molecular flexibility index (Phi) is 6.80. The lowest BCUT2D eigenvalue weighted by Gasteiger charge is -2.10. The third-order valence-corrected chi connectivity index (χ3v) is 5.56. The minimum atomic E-state index is -0.244. The smallest absolute Gasteiger partial charge is 0.250 e. The fraction of sp³-hybridized carbons (Fsp3) is 0.0476. The number of nitrogens with zero attached hydrogens (tertiary/aromatic N) is 6. The van der Waals surface area contributed by atoms with Crippen molar-refractivity contribution in [1.29, 1.82) is 0 Å². The minimum Gasteiger partial charge on any atom is -0.272 e. The van der Waals surface area contributed by atoms with E-state index >= 15 is 0 Å². The second-order valence-electron chi connectivity index (χ2n) is 6.22. The molecule has 154 valence electrons. The SMILES string of the molecule is O=C(CSc1nnc(-c2ccncc2)n1-c1ccc(Br)cc1)N/N=C/c1ccncc1. The summed E-state index contributed by atoms with van der Waals surface area (Å²) >= 11 is 4.74. The molecule has 0 unspecified atom stereocenters. The number of carbonyl (C=O) groups excluding carboxylic acids is 1. The van der Waals surface area contributed by atoms with Gasteiger partial charge in [0.15, 0.2) is 11.0 Å². The molecule has 0 atom stereocenters. The van der Waals surface area contributed by atoms with Gasteiger partial charge in [-0.2, -0.15) is 5.10 Å². The minimum absolute atomic E-state index is 0.138. The maximum atomic E-state index is 12.2. The number of amides is 1. The predicted octanol–water partition coefficient (Wildman–Crippen LogP) is 3.73. The Hall–Kier alpha value is -3.37. The molecule has 3 heterocycles. The Bertz CT molecular complexity index is 1180. The van der Waals surface area contributed by atoms with Crippen LogP contribution in [0.5, 0.6) is 0 Å². The van der Waals surface area contributed by atoms with Crippen LogP contribution in [0.3, 0.4) is 0 Å². The van der Waals surface area contributed by atoms with Gasteiger partial charge >= 0.3 is 0 Å². The Morgan fingerprint density at radius 3 is 2.39 bits per heavy atom. The molecule has 0 aliphatic heterocycles. The molecule has 1 N–H and O–H groups in total. The molecular weight excluding hydrogens is 478 g/mol. The zero-order chi connectivity index (χ0) is 21.5. The lowest BCUT2D eigenvalue weighted by molar-refractivity contribution is -0.118. The van der Waals surface area contributed by atoms with Gasteiger partial charge in [-0.05, 0) is 54.1 Å². The summed E-state index contributed by atoms with van der Waals surface area (Å²) in [6.45, 7) is 0. The van der Waals surface area contributed by atoms with Crippen molar-refractivity contribution in [3.05, 3.63) is 83.4 Å². The van der Waals surface area contributed by atoms with Crippen molar-refractivity contribution in [2.75, 3.05) is 5.75 Å². The van der Waals surface area contributed by atoms with E-state index in [2.05, 4.69) is 46.6 Å². The van der Waals surface area contributed by atoms with Crippen LogP contribution in [-0.2, 0) is 4.79 Å². The lowest BCUT2D eigenvalue weighted by atomic mass is 10.2. The van der Waals surface area contributed by atoms with Gasteiger partial charge in [-0.15, -0.1) is 10.2 Å². The van der Waals surface area contributed by atoms with Crippen molar-refractivity contribution < 1.29 is 4.79 Å². The number of rotatable bonds is 7. The molecule has 3 aromatic heterocycles. The maximum absolute atomic E-state index is 12.2. The molecule has 4 aromatic rings. The van der Waals surface area contributed by atoms with Gasteiger partial charge in [-0.25, -0.2) is 5.43 Å². The Morgan fingerprint density at radius 2 is 1.68 bits per heavy atom. The molecule has 0 aliphatic rings. The summed E-state index contributed by atoms with van der Waals surface area (Å²) in [6.07, 6.45) is 8.30. The van der Waals surface area contributed by atoms with E-state index in [0.29, 0.717) is 11.0 Å². The molecule has 10 heteroatoms. The molecule has 0 fully saturated rings. The summed E-state index contributed by atoms with van der Waals surface area (Å²) in [7, 11) is 0. The van der Waals surface area contributed by atoms with E-state index in [1.165, 1.54) is 11.8 Å². The van der Waals surface area contributed by atoms with E-state index in [0.717, 1.165) is 21.3 Å². The lowest BCUT2D eigenvalue weighted by Crippen LogP contribution is -2.20. The van der Waals surface area contributed by atoms with E-state index in [1.807, 2.05) is 41.0 Å². The van der Waals surface area contributed by atoms with Crippen LogP contribution in [0.15, 0.2) is 88.0 Å². The second kappa shape index (κ2) is 10.1. The van der Waals surface area contributed by atoms with Gasteiger partial charge in [0.25, 0.3) is 5.91 Å². The van der Waals surface area contributed by atoms with Crippen LogP contribution in [0.1, 0.15) is 5.56 Å². The van der Waals surface area contributed by atoms with Crippen molar-refractivity contribution in [3.63, 3.8) is 0 Å². The first kappa shape index (κ1) is 20.9. The highest BCUT2D eigenvalue weighted by Crippen LogP contribution is 2.28. The van der Waals surface area contributed by atoms with E-state index in [9.17, 15) is 4.79 Å². The molecule has 0 spiro atoms. The van der Waals surface area contributed by atoms with Crippen molar-refractivity contribution in [2.24, 2.45) is 5.10 Å². The van der Waals surface area contributed by atoms with Gasteiger partial charge in [-0.3, -0.25) is 19.3 Å². The molecule has 8 nitrogen and oxygen atoms in total. The summed E-state index contributed by atoms with van der Waals surface area (Å²) in [5.41, 5.74) is 5.14. The van der Waals surface area contributed by atoms with E-state index in [4.69, 9.17) is 0 Å². The van der Waals surface area contributed by atoms with Gasteiger partial charge in [0.1, 0.15) is 0 Å². The number of benzene rings is 1. The third-order valence-electron chi connectivity index (χ3n) is 4.10. The third kappa shape index (κ3) is 5.41. The highest BCUT2D eigenvalue weighted by Gasteiger charge is 2.17. The van der Waals surface area contributed by atoms with E-state index in [1.54, 1.807) is 43.1 Å². The zero-order valence-electron chi connectivity index (χ0n) is 16.1. The number of hydrogen-bond donors (Lipinski definition) is 1. The first-order chi connectivity index (χ1) is 15.2. The number of halogens is 1. The molecule has 1 amide bonds.